The van der Waals surface area contributed by atoms with Gasteiger partial charge in [0, 0.05) is 25.5 Å². The summed E-state index contributed by atoms with van der Waals surface area (Å²) in [7, 11) is 0. The molecule has 0 fully saturated rings. The number of hydrazine groups is 1. The fraction of sp³-hybridized carbons (Fsp3) is 0.571. The van der Waals surface area contributed by atoms with Crippen molar-refractivity contribution in [3.05, 3.63) is 18.7 Å². The average Bonchev–Trinajstić information content (AvgIpc) is 2.50. The van der Waals surface area contributed by atoms with Crippen molar-refractivity contribution in [1.29, 1.82) is 0 Å². The van der Waals surface area contributed by atoms with Gasteiger partial charge in [0.1, 0.15) is 0 Å². The first kappa shape index (κ1) is 8.23. The van der Waals surface area contributed by atoms with Gasteiger partial charge in [-0.2, -0.15) is 0 Å². The van der Waals surface area contributed by atoms with Gasteiger partial charge in [-0.25, -0.2) is 4.98 Å². The van der Waals surface area contributed by atoms with Crippen LogP contribution in [-0.4, -0.2) is 16.1 Å². The van der Waals surface area contributed by atoms with E-state index in [9.17, 15) is 0 Å². The lowest BCUT2D eigenvalue weighted by Crippen LogP contribution is -2.22. The Bertz CT molecular complexity index is 171. The number of nitrogens with two attached hydrogens (primary N) is 1. The molecule has 0 saturated carbocycles. The van der Waals surface area contributed by atoms with Crippen LogP contribution in [-0.2, 0) is 6.54 Å². The highest BCUT2D eigenvalue weighted by Gasteiger charge is 1.88. The molecule has 4 nitrogen and oxygen atoms in total. The normalized spacial score (nSPS) is 10.3. The summed E-state index contributed by atoms with van der Waals surface area (Å²) in [6.07, 6.45) is 7.84. The maximum atomic E-state index is 5.12. The Labute approximate surface area is 66.4 Å². The molecule has 0 aromatic carbocycles. The van der Waals surface area contributed by atoms with Crippen molar-refractivity contribution < 1.29 is 0 Å². The molecular formula is C7H14N4. The Kier molecular flexibility index (Phi) is 3.64. The molecule has 11 heavy (non-hydrogen) atoms. The van der Waals surface area contributed by atoms with Crippen LogP contribution in [0.4, 0.5) is 0 Å². The zero-order valence-corrected chi connectivity index (χ0v) is 6.53. The van der Waals surface area contributed by atoms with Gasteiger partial charge in [0.05, 0.1) is 6.33 Å². The summed E-state index contributed by atoms with van der Waals surface area (Å²) in [6.45, 7) is 1.91. The largest absolute Gasteiger partial charge is 0.337 e. The lowest BCUT2D eigenvalue weighted by atomic mass is 10.3. The lowest BCUT2D eigenvalue weighted by molar-refractivity contribution is 0.578. The molecule has 0 bridgehead atoms. The fourth-order valence-corrected chi connectivity index (χ4v) is 0.940. The smallest absolute Gasteiger partial charge is 0.0945 e. The van der Waals surface area contributed by atoms with Crippen molar-refractivity contribution in [2.45, 2.75) is 19.4 Å². The number of aryl methyl sites for hydroxylation is 1. The van der Waals surface area contributed by atoms with Gasteiger partial charge in [-0.3, -0.25) is 11.3 Å². The third-order valence-electron chi connectivity index (χ3n) is 1.55. The van der Waals surface area contributed by atoms with Crippen LogP contribution < -0.4 is 11.3 Å². The molecule has 0 radical (unpaired) electrons. The number of rotatable bonds is 5. The Morgan fingerprint density at radius 3 is 3.00 bits per heavy atom. The number of nitrogens with zero attached hydrogens (tertiary/aromatic N) is 2. The summed E-state index contributed by atoms with van der Waals surface area (Å²) >= 11 is 0. The van der Waals surface area contributed by atoms with Crippen molar-refractivity contribution in [1.82, 2.24) is 15.0 Å². The molecule has 62 valence electrons. The first-order chi connectivity index (χ1) is 5.43. The van der Waals surface area contributed by atoms with E-state index >= 15 is 0 Å². The standard InChI is InChI=1S/C7H14N4/c8-10-3-1-2-5-11-6-4-9-7-11/h4,6-7,10H,1-3,5,8H2. The number of nitrogens with one attached hydrogen (secondary N) is 1. The summed E-state index contributed by atoms with van der Waals surface area (Å²) in [4.78, 5) is 3.94. The summed E-state index contributed by atoms with van der Waals surface area (Å²) in [5.74, 6) is 5.12. The van der Waals surface area contributed by atoms with Gasteiger partial charge in [0.15, 0.2) is 0 Å². The van der Waals surface area contributed by atoms with E-state index in [1.54, 1.807) is 6.20 Å². The quantitative estimate of drug-likeness (QED) is 0.360. The van der Waals surface area contributed by atoms with Gasteiger partial charge in [0.25, 0.3) is 0 Å². The van der Waals surface area contributed by atoms with E-state index in [1.807, 2.05) is 12.5 Å². The molecule has 1 aromatic rings. The highest BCUT2D eigenvalue weighted by Crippen LogP contribution is 1.92. The number of hydrogen-bond acceptors (Lipinski definition) is 3. The van der Waals surface area contributed by atoms with Crippen LogP contribution in [0.1, 0.15) is 12.8 Å². The van der Waals surface area contributed by atoms with E-state index in [-0.39, 0.29) is 0 Å². The van der Waals surface area contributed by atoms with Gasteiger partial charge >= 0.3 is 0 Å². The molecule has 0 atom stereocenters. The Morgan fingerprint density at radius 2 is 2.36 bits per heavy atom. The minimum atomic E-state index is 0.884. The highest BCUT2D eigenvalue weighted by atomic mass is 15.2. The summed E-state index contributed by atoms with van der Waals surface area (Å²) < 4.78 is 2.07. The molecule has 1 aromatic heterocycles. The minimum Gasteiger partial charge on any atom is -0.337 e. The van der Waals surface area contributed by atoms with E-state index in [0.717, 1.165) is 25.9 Å². The van der Waals surface area contributed by atoms with Crippen molar-refractivity contribution in [3.63, 3.8) is 0 Å². The average molecular weight is 154 g/mol. The van der Waals surface area contributed by atoms with Crippen LogP contribution in [0, 0.1) is 0 Å². The number of imidazole rings is 1. The molecular weight excluding hydrogens is 140 g/mol. The third kappa shape index (κ3) is 3.15. The molecule has 0 aliphatic carbocycles. The van der Waals surface area contributed by atoms with Crippen LogP contribution in [0.3, 0.4) is 0 Å². The number of hydrogen-bond donors (Lipinski definition) is 2. The second-order valence-electron chi connectivity index (χ2n) is 2.46. The van der Waals surface area contributed by atoms with Crippen molar-refractivity contribution >= 4 is 0 Å². The fourth-order valence-electron chi connectivity index (χ4n) is 0.940. The first-order valence-electron chi connectivity index (χ1n) is 3.82. The maximum absolute atomic E-state index is 5.12. The molecule has 0 saturated heterocycles. The van der Waals surface area contributed by atoms with E-state index in [2.05, 4.69) is 15.0 Å². The zero-order valence-electron chi connectivity index (χ0n) is 6.53. The van der Waals surface area contributed by atoms with Gasteiger partial charge in [0.2, 0.25) is 0 Å². The van der Waals surface area contributed by atoms with Crippen LogP contribution >= 0.6 is 0 Å². The molecule has 3 N–H and O–H groups in total. The topological polar surface area (TPSA) is 55.9 Å². The van der Waals surface area contributed by atoms with Crippen LogP contribution in [0.5, 0.6) is 0 Å². The van der Waals surface area contributed by atoms with Crippen molar-refractivity contribution in [2.75, 3.05) is 6.54 Å². The van der Waals surface area contributed by atoms with E-state index < -0.39 is 0 Å². The van der Waals surface area contributed by atoms with E-state index in [4.69, 9.17) is 5.84 Å². The Balaban J connectivity index is 2.04. The first-order valence-corrected chi connectivity index (χ1v) is 3.82. The van der Waals surface area contributed by atoms with Crippen LogP contribution in [0.25, 0.3) is 0 Å². The number of unbranched alkanes of at least 4 members (excludes halogenated alkanes) is 1. The molecule has 0 spiro atoms. The van der Waals surface area contributed by atoms with Gasteiger partial charge in [-0.05, 0) is 12.8 Å². The molecule has 4 heteroatoms. The predicted molar refractivity (Wildman–Crippen MR) is 43.7 cm³/mol. The summed E-state index contributed by atoms with van der Waals surface area (Å²) in [5.41, 5.74) is 2.62. The Hall–Kier alpha value is -0.870. The van der Waals surface area contributed by atoms with Crippen molar-refractivity contribution in [3.8, 4) is 0 Å². The van der Waals surface area contributed by atoms with Gasteiger partial charge in [-0.1, -0.05) is 0 Å². The second-order valence-corrected chi connectivity index (χ2v) is 2.46. The zero-order chi connectivity index (χ0) is 7.94. The van der Waals surface area contributed by atoms with E-state index in [0.29, 0.717) is 0 Å². The van der Waals surface area contributed by atoms with Gasteiger partial charge in [-0.15, -0.1) is 0 Å². The number of aromatic nitrogens is 2. The molecule has 0 unspecified atom stereocenters. The second kappa shape index (κ2) is 4.87. The molecule has 0 aliphatic heterocycles. The lowest BCUT2D eigenvalue weighted by Gasteiger charge is -2.00. The highest BCUT2D eigenvalue weighted by molar-refractivity contribution is 4.73. The van der Waals surface area contributed by atoms with E-state index in [1.165, 1.54) is 0 Å². The maximum Gasteiger partial charge on any atom is 0.0945 e. The third-order valence-corrected chi connectivity index (χ3v) is 1.55. The van der Waals surface area contributed by atoms with Crippen molar-refractivity contribution in [2.24, 2.45) is 5.84 Å². The van der Waals surface area contributed by atoms with Crippen LogP contribution in [0.2, 0.25) is 0 Å². The van der Waals surface area contributed by atoms with Gasteiger partial charge < -0.3 is 4.57 Å². The molecule has 1 heterocycles. The summed E-state index contributed by atoms with van der Waals surface area (Å²) in [5, 5.41) is 0. The monoisotopic (exact) mass is 154 g/mol. The summed E-state index contributed by atoms with van der Waals surface area (Å²) in [6, 6.07) is 0. The molecule has 1 rings (SSSR count). The van der Waals surface area contributed by atoms with Crippen LogP contribution in [0.15, 0.2) is 18.7 Å². The predicted octanol–water partition coefficient (Wildman–Crippen LogP) is 0.127. The minimum absolute atomic E-state index is 0.884. The molecule has 0 aliphatic rings. The SMILES string of the molecule is NNCCCCn1ccnc1. The molecule has 0 amide bonds. The Morgan fingerprint density at radius 1 is 1.45 bits per heavy atom.